The van der Waals surface area contributed by atoms with E-state index in [4.69, 9.17) is 5.11 Å². The molecule has 0 saturated carbocycles. The van der Waals surface area contributed by atoms with Crippen LogP contribution < -0.4 is 5.32 Å². The van der Waals surface area contributed by atoms with Crippen LogP contribution >= 0.6 is 11.3 Å². The van der Waals surface area contributed by atoms with Crippen LogP contribution in [-0.4, -0.2) is 16.1 Å². The Morgan fingerprint density at radius 2 is 1.56 bits per heavy atom. The zero-order chi connectivity index (χ0) is 18.6. The van der Waals surface area contributed by atoms with Crippen LogP contribution in [0.1, 0.15) is 10.4 Å². The van der Waals surface area contributed by atoms with Gasteiger partial charge in [0.2, 0.25) is 0 Å². The number of carboxylic acids is 1. The number of thiazole rings is 1. The number of benzene rings is 3. The molecule has 4 aromatic rings. The molecule has 0 saturated heterocycles. The SMILES string of the molecule is O=C(O)c1cccc(Nc2nc(-c3ccc(-c4ccccc4)cc3)cs2)c1. The number of carbonyl (C=O) groups is 1. The fourth-order valence-electron chi connectivity index (χ4n) is 2.78. The number of aromatic carboxylic acids is 1. The molecule has 0 atom stereocenters. The molecule has 0 amide bonds. The third kappa shape index (κ3) is 3.88. The van der Waals surface area contributed by atoms with Gasteiger partial charge in [-0.1, -0.05) is 60.7 Å². The number of aromatic nitrogens is 1. The summed E-state index contributed by atoms with van der Waals surface area (Å²) in [7, 11) is 0. The van der Waals surface area contributed by atoms with Crippen molar-refractivity contribution in [2.24, 2.45) is 0 Å². The first-order chi connectivity index (χ1) is 13.2. The van der Waals surface area contributed by atoms with Gasteiger partial charge in [-0.3, -0.25) is 0 Å². The predicted octanol–water partition coefficient (Wildman–Crippen LogP) is 5.92. The molecule has 4 rings (SSSR count). The molecule has 5 heteroatoms. The summed E-state index contributed by atoms with van der Waals surface area (Å²) in [5.41, 5.74) is 5.22. The van der Waals surface area contributed by atoms with E-state index in [0.29, 0.717) is 5.69 Å². The van der Waals surface area contributed by atoms with Crippen molar-refractivity contribution in [3.8, 4) is 22.4 Å². The number of hydrogen-bond donors (Lipinski definition) is 2. The zero-order valence-electron chi connectivity index (χ0n) is 14.3. The summed E-state index contributed by atoms with van der Waals surface area (Å²) in [6.45, 7) is 0. The fourth-order valence-corrected chi connectivity index (χ4v) is 3.52. The molecule has 0 unspecified atom stereocenters. The Balaban J connectivity index is 1.52. The maximum Gasteiger partial charge on any atom is 0.335 e. The average molecular weight is 372 g/mol. The van der Waals surface area contributed by atoms with Crippen LogP contribution in [0, 0.1) is 0 Å². The van der Waals surface area contributed by atoms with Crippen molar-refractivity contribution in [2.75, 3.05) is 5.32 Å². The van der Waals surface area contributed by atoms with E-state index in [1.54, 1.807) is 18.2 Å². The number of anilines is 2. The number of nitrogens with zero attached hydrogens (tertiary/aromatic N) is 1. The first kappa shape index (κ1) is 17.0. The van der Waals surface area contributed by atoms with Gasteiger partial charge in [-0.05, 0) is 29.3 Å². The van der Waals surface area contributed by atoms with Crippen LogP contribution in [0.5, 0.6) is 0 Å². The molecule has 0 aliphatic rings. The van der Waals surface area contributed by atoms with Gasteiger partial charge in [-0.25, -0.2) is 9.78 Å². The minimum Gasteiger partial charge on any atom is -0.478 e. The third-order valence-corrected chi connectivity index (χ3v) is 4.91. The Labute approximate surface area is 160 Å². The molecule has 132 valence electrons. The minimum absolute atomic E-state index is 0.244. The van der Waals surface area contributed by atoms with E-state index in [2.05, 4.69) is 46.7 Å². The first-order valence-corrected chi connectivity index (χ1v) is 9.29. The van der Waals surface area contributed by atoms with Crippen molar-refractivity contribution in [1.82, 2.24) is 4.98 Å². The maximum absolute atomic E-state index is 11.1. The Morgan fingerprint density at radius 3 is 2.30 bits per heavy atom. The van der Waals surface area contributed by atoms with Gasteiger partial charge >= 0.3 is 5.97 Å². The number of rotatable bonds is 5. The first-order valence-electron chi connectivity index (χ1n) is 8.41. The molecule has 0 bridgehead atoms. The van der Waals surface area contributed by atoms with Crippen molar-refractivity contribution in [3.05, 3.63) is 89.8 Å². The lowest BCUT2D eigenvalue weighted by atomic mass is 10.0. The van der Waals surface area contributed by atoms with Gasteiger partial charge in [-0.2, -0.15) is 0 Å². The highest BCUT2D eigenvalue weighted by Gasteiger charge is 2.07. The number of nitrogens with one attached hydrogen (secondary N) is 1. The highest BCUT2D eigenvalue weighted by atomic mass is 32.1. The Bertz CT molecular complexity index is 1070. The predicted molar refractivity (Wildman–Crippen MR) is 110 cm³/mol. The van der Waals surface area contributed by atoms with Gasteiger partial charge in [-0.15, -0.1) is 11.3 Å². The molecular formula is C22H16N2O2S. The second-order valence-electron chi connectivity index (χ2n) is 5.99. The molecular weight excluding hydrogens is 356 g/mol. The summed E-state index contributed by atoms with van der Waals surface area (Å²) >= 11 is 1.48. The van der Waals surface area contributed by atoms with E-state index in [-0.39, 0.29) is 5.56 Å². The summed E-state index contributed by atoms with van der Waals surface area (Å²) in [4.78, 5) is 15.7. The Kier molecular flexibility index (Phi) is 4.68. The number of carboxylic acid groups (broad SMARTS) is 1. The standard InChI is InChI=1S/C22H16N2O2S/c25-21(26)18-7-4-8-19(13-18)23-22-24-20(14-27-22)17-11-9-16(10-12-17)15-5-2-1-3-6-15/h1-14H,(H,23,24)(H,25,26). The van der Waals surface area contributed by atoms with Gasteiger partial charge < -0.3 is 10.4 Å². The van der Waals surface area contributed by atoms with E-state index < -0.39 is 5.97 Å². The lowest BCUT2D eigenvalue weighted by Crippen LogP contribution is -1.97. The van der Waals surface area contributed by atoms with Crippen LogP contribution in [-0.2, 0) is 0 Å². The fraction of sp³-hybridized carbons (Fsp3) is 0. The van der Waals surface area contributed by atoms with Crippen molar-refractivity contribution < 1.29 is 9.90 Å². The quantitative estimate of drug-likeness (QED) is 0.456. The Morgan fingerprint density at radius 1 is 0.852 bits per heavy atom. The highest BCUT2D eigenvalue weighted by Crippen LogP contribution is 2.29. The molecule has 1 aromatic heterocycles. The van der Waals surface area contributed by atoms with Gasteiger partial charge in [0, 0.05) is 16.6 Å². The molecule has 0 spiro atoms. The maximum atomic E-state index is 11.1. The van der Waals surface area contributed by atoms with Crippen LogP contribution in [0.25, 0.3) is 22.4 Å². The van der Waals surface area contributed by atoms with Crippen LogP contribution in [0.3, 0.4) is 0 Å². The van der Waals surface area contributed by atoms with Crippen molar-refractivity contribution in [1.29, 1.82) is 0 Å². The molecule has 27 heavy (non-hydrogen) atoms. The average Bonchev–Trinajstić information content (AvgIpc) is 3.17. The van der Waals surface area contributed by atoms with Crippen LogP contribution in [0.15, 0.2) is 84.2 Å². The zero-order valence-corrected chi connectivity index (χ0v) is 15.1. The van der Waals surface area contributed by atoms with E-state index in [9.17, 15) is 4.79 Å². The van der Waals surface area contributed by atoms with E-state index in [1.807, 2.05) is 29.6 Å². The molecule has 3 aromatic carbocycles. The van der Waals surface area contributed by atoms with Crippen LogP contribution in [0.4, 0.5) is 10.8 Å². The summed E-state index contributed by atoms with van der Waals surface area (Å²) in [6.07, 6.45) is 0. The van der Waals surface area contributed by atoms with Crippen molar-refractivity contribution in [2.45, 2.75) is 0 Å². The van der Waals surface area contributed by atoms with Gasteiger partial charge in [0.1, 0.15) is 0 Å². The van der Waals surface area contributed by atoms with Crippen molar-refractivity contribution in [3.63, 3.8) is 0 Å². The third-order valence-electron chi connectivity index (χ3n) is 4.15. The second-order valence-corrected chi connectivity index (χ2v) is 6.85. The van der Waals surface area contributed by atoms with Gasteiger partial charge in [0.25, 0.3) is 0 Å². The van der Waals surface area contributed by atoms with Gasteiger partial charge in [0.15, 0.2) is 5.13 Å². The largest absolute Gasteiger partial charge is 0.478 e. The van der Waals surface area contributed by atoms with E-state index in [1.165, 1.54) is 22.5 Å². The van der Waals surface area contributed by atoms with Crippen molar-refractivity contribution >= 4 is 28.1 Å². The minimum atomic E-state index is -0.947. The summed E-state index contributed by atoms with van der Waals surface area (Å²) in [6, 6.07) is 25.2. The highest BCUT2D eigenvalue weighted by molar-refractivity contribution is 7.14. The van der Waals surface area contributed by atoms with Gasteiger partial charge in [0.05, 0.1) is 11.3 Å². The molecule has 0 fully saturated rings. The normalized spacial score (nSPS) is 10.5. The van der Waals surface area contributed by atoms with E-state index >= 15 is 0 Å². The lowest BCUT2D eigenvalue weighted by Gasteiger charge is -2.04. The summed E-state index contributed by atoms with van der Waals surface area (Å²) < 4.78 is 0. The summed E-state index contributed by atoms with van der Waals surface area (Å²) in [5, 5.41) is 15.0. The molecule has 1 heterocycles. The summed E-state index contributed by atoms with van der Waals surface area (Å²) in [5.74, 6) is -0.947. The van der Waals surface area contributed by atoms with Crippen LogP contribution in [0.2, 0.25) is 0 Å². The Hall–Kier alpha value is -3.44. The topological polar surface area (TPSA) is 62.2 Å². The molecule has 4 nitrogen and oxygen atoms in total. The molecule has 0 radical (unpaired) electrons. The second kappa shape index (κ2) is 7.43. The lowest BCUT2D eigenvalue weighted by molar-refractivity contribution is 0.0697. The molecule has 0 aliphatic heterocycles. The van der Waals surface area contributed by atoms with E-state index in [0.717, 1.165) is 16.4 Å². The monoisotopic (exact) mass is 372 g/mol. The molecule has 2 N–H and O–H groups in total. The smallest absolute Gasteiger partial charge is 0.335 e. The molecule has 0 aliphatic carbocycles. The number of hydrogen-bond acceptors (Lipinski definition) is 4.